The number of halogens is 4. The fraction of sp³-hybridized carbons (Fsp3) is 0.200. The fourth-order valence-electron chi connectivity index (χ4n) is 0.994. The van der Waals surface area contributed by atoms with Crippen LogP contribution >= 0.6 is 0 Å². The normalized spacial score (nSPS) is 10.4. The van der Waals surface area contributed by atoms with Gasteiger partial charge < -0.3 is 4.74 Å². The highest BCUT2D eigenvalue weighted by Gasteiger charge is 2.18. The fourth-order valence-corrected chi connectivity index (χ4v) is 0.994. The van der Waals surface area contributed by atoms with Crippen molar-refractivity contribution in [2.45, 2.75) is 6.61 Å². The molecule has 0 unspecified atom stereocenters. The Morgan fingerprint density at radius 1 is 1.13 bits per heavy atom. The Hall–Kier alpha value is -1.36. The van der Waals surface area contributed by atoms with Gasteiger partial charge in [0.1, 0.15) is 0 Å². The highest BCUT2D eigenvalue weighted by Crippen LogP contribution is 2.19. The van der Waals surface area contributed by atoms with E-state index < -0.39 is 35.4 Å². The second-order valence-electron chi connectivity index (χ2n) is 2.75. The summed E-state index contributed by atoms with van der Waals surface area (Å²) in [5.74, 6) is -5.74. The van der Waals surface area contributed by atoms with Crippen LogP contribution in [-0.4, -0.2) is 6.61 Å². The van der Waals surface area contributed by atoms with Gasteiger partial charge in [-0.15, -0.1) is 6.58 Å². The summed E-state index contributed by atoms with van der Waals surface area (Å²) in [6.07, 6.45) is 1.35. The van der Waals surface area contributed by atoms with Gasteiger partial charge in [-0.2, -0.15) is 0 Å². The monoisotopic (exact) mass is 220 g/mol. The second kappa shape index (κ2) is 4.93. The smallest absolute Gasteiger partial charge is 0.167 e. The summed E-state index contributed by atoms with van der Waals surface area (Å²) < 4.78 is 56.0. The molecule has 0 aliphatic carbocycles. The van der Waals surface area contributed by atoms with Crippen molar-refractivity contribution in [1.82, 2.24) is 0 Å². The molecule has 0 bridgehead atoms. The summed E-state index contributed by atoms with van der Waals surface area (Å²) in [6.45, 7) is 2.81. The summed E-state index contributed by atoms with van der Waals surface area (Å²) in [5, 5.41) is 0. The van der Waals surface area contributed by atoms with Crippen molar-refractivity contribution in [2.24, 2.45) is 0 Å². The van der Waals surface area contributed by atoms with Gasteiger partial charge in [0.25, 0.3) is 0 Å². The number of benzene rings is 1. The number of ether oxygens (including phenoxy) is 1. The molecule has 0 spiro atoms. The maximum atomic E-state index is 13.0. The lowest BCUT2D eigenvalue weighted by Crippen LogP contribution is -2.05. The van der Waals surface area contributed by atoms with Crippen LogP contribution in [0.3, 0.4) is 0 Å². The highest BCUT2D eigenvalue weighted by atomic mass is 19.2. The largest absolute Gasteiger partial charge is 0.373 e. The van der Waals surface area contributed by atoms with E-state index in [1.165, 1.54) is 6.08 Å². The predicted octanol–water partition coefficient (Wildman–Crippen LogP) is 2.95. The molecule has 1 aromatic rings. The molecule has 0 aromatic heterocycles. The Balaban J connectivity index is 2.98. The SMILES string of the molecule is C=CCOCc1c(F)c(F)cc(F)c1F. The first-order chi connectivity index (χ1) is 7.07. The van der Waals surface area contributed by atoms with Crippen LogP contribution < -0.4 is 0 Å². The molecule has 0 radical (unpaired) electrons. The summed E-state index contributed by atoms with van der Waals surface area (Å²) in [6, 6.07) is 0.154. The van der Waals surface area contributed by atoms with E-state index >= 15 is 0 Å². The molecule has 0 saturated heterocycles. The van der Waals surface area contributed by atoms with Crippen LogP contribution in [0.4, 0.5) is 17.6 Å². The van der Waals surface area contributed by atoms with Gasteiger partial charge in [0, 0.05) is 6.07 Å². The first-order valence-corrected chi connectivity index (χ1v) is 4.08. The van der Waals surface area contributed by atoms with Crippen molar-refractivity contribution in [3.8, 4) is 0 Å². The quantitative estimate of drug-likeness (QED) is 0.328. The first-order valence-electron chi connectivity index (χ1n) is 4.08. The Bertz CT molecular complexity index is 350. The molecule has 0 saturated carbocycles. The number of rotatable bonds is 4. The molecular formula is C10H8F4O. The lowest BCUT2D eigenvalue weighted by atomic mass is 10.2. The van der Waals surface area contributed by atoms with Gasteiger partial charge in [-0.1, -0.05) is 6.08 Å². The van der Waals surface area contributed by atoms with Crippen LogP contribution in [0.2, 0.25) is 0 Å². The van der Waals surface area contributed by atoms with Crippen LogP contribution in [0, 0.1) is 23.3 Å². The van der Waals surface area contributed by atoms with E-state index in [1.54, 1.807) is 0 Å². The van der Waals surface area contributed by atoms with Crippen LogP contribution in [0.1, 0.15) is 5.56 Å². The Labute approximate surface area is 84.0 Å². The zero-order valence-corrected chi connectivity index (χ0v) is 7.70. The Morgan fingerprint density at radius 3 is 2.13 bits per heavy atom. The van der Waals surface area contributed by atoms with Gasteiger partial charge in [0.15, 0.2) is 23.3 Å². The molecule has 0 atom stereocenters. The van der Waals surface area contributed by atoms with E-state index in [2.05, 4.69) is 6.58 Å². The molecule has 0 aliphatic rings. The minimum atomic E-state index is -1.44. The molecule has 0 aliphatic heterocycles. The van der Waals surface area contributed by atoms with E-state index in [1.807, 2.05) is 0 Å². The van der Waals surface area contributed by atoms with Crippen molar-refractivity contribution in [3.05, 3.63) is 47.6 Å². The van der Waals surface area contributed by atoms with Crippen molar-refractivity contribution < 1.29 is 22.3 Å². The molecule has 0 heterocycles. The summed E-state index contributed by atoms with van der Waals surface area (Å²) >= 11 is 0. The van der Waals surface area contributed by atoms with Gasteiger partial charge in [0.2, 0.25) is 0 Å². The van der Waals surface area contributed by atoms with Gasteiger partial charge >= 0.3 is 0 Å². The maximum absolute atomic E-state index is 13.0. The molecule has 1 nitrogen and oxygen atoms in total. The van der Waals surface area contributed by atoms with E-state index in [4.69, 9.17) is 4.74 Å². The summed E-state index contributed by atoms with van der Waals surface area (Å²) in [5.41, 5.74) is -0.755. The minimum Gasteiger partial charge on any atom is -0.373 e. The molecule has 1 aromatic carbocycles. The minimum absolute atomic E-state index is 0.0387. The topological polar surface area (TPSA) is 9.23 Å². The van der Waals surface area contributed by atoms with Crippen molar-refractivity contribution in [1.29, 1.82) is 0 Å². The summed E-state index contributed by atoms with van der Waals surface area (Å²) in [7, 11) is 0. The van der Waals surface area contributed by atoms with Crippen LogP contribution in [-0.2, 0) is 11.3 Å². The zero-order valence-electron chi connectivity index (χ0n) is 7.70. The average molecular weight is 220 g/mol. The third-order valence-corrected chi connectivity index (χ3v) is 1.68. The molecule has 5 heteroatoms. The predicted molar refractivity (Wildman–Crippen MR) is 46.1 cm³/mol. The van der Waals surface area contributed by atoms with Gasteiger partial charge in [-0.25, -0.2) is 17.6 Å². The summed E-state index contributed by atoms with van der Waals surface area (Å²) in [4.78, 5) is 0. The third kappa shape index (κ3) is 2.56. The number of hydrogen-bond acceptors (Lipinski definition) is 1. The van der Waals surface area contributed by atoms with Crippen LogP contribution in [0.25, 0.3) is 0 Å². The Kier molecular flexibility index (Phi) is 3.85. The lowest BCUT2D eigenvalue weighted by Gasteiger charge is -2.06. The molecular weight excluding hydrogens is 212 g/mol. The molecule has 0 fully saturated rings. The van der Waals surface area contributed by atoms with Gasteiger partial charge in [0.05, 0.1) is 18.8 Å². The molecule has 0 N–H and O–H groups in total. The van der Waals surface area contributed by atoms with Crippen molar-refractivity contribution >= 4 is 0 Å². The van der Waals surface area contributed by atoms with Gasteiger partial charge in [-0.3, -0.25) is 0 Å². The van der Waals surface area contributed by atoms with E-state index in [0.29, 0.717) is 0 Å². The van der Waals surface area contributed by atoms with Crippen LogP contribution in [0.5, 0.6) is 0 Å². The Morgan fingerprint density at radius 2 is 1.67 bits per heavy atom. The first kappa shape index (κ1) is 11.7. The molecule has 15 heavy (non-hydrogen) atoms. The van der Waals surface area contributed by atoms with Gasteiger partial charge in [-0.05, 0) is 0 Å². The molecule has 82 valence electrons. The third-order valence-electron chi connectivity index (χ3n) is 1.68. The average Bonchev–Trinajstić information content (AvgIpc) is 2.20. The molecule has 0 amide bonds. The van der Waals surface area contributed by atoms with Crippen molar-refractivity contribution in [3.63, 3.8) is 0 Å². The zero-order chi connectivity index (χ0) is 11.4. The van der Waals surface area contributed by atoms with Crippen molar-refractivity contribution in [2.75, 3.05) is 6.61 Å². The number of hydrogen-bond donors (Lipinski definition) is 0. The van der Waals surface area contributed by atoms with E-state index in [-0.39, 0.29) is 12.7 Å². The molecule has 1 rings (SSSR count). The van der Waals surface area contributed by atoms with E-state index in [9.17, 15) is 17.6 Å². The second-order valence-corrected chi connectivity index (χ2v) is 2.75. The van der Waals surface area contributed by atoms with E-state index in [0.717, 1.165) is 0 Å². The highest BCUT2D eigenvalue weighted by molar-refractivity contribution is 5.21. The lowest BCUT2D eigenvalue weighted by molar-refractivity contribution is 0.141. The standard InChI is InChI=1S/C10H8F4O/c1-2-3-15-5-6-9(13)7(11)4-8(12)10(6)14/h2,4H,1,3,5H2. The maximum Gasteiger partial charge on any atom is 0.167 e. The van der Waals surface area contributed by atoms with Crippen LogP contribution in [0.15, 0.2) is 18.7 Å².